The summed E-state index contributed by atoms with van der Waals surface area (Å²) in [5, 5.41) is 3.10. The van der Waals surface area contributed by atoms with Gasteiger partial charge in [0.05, 0.1) is 5.92 Å². The van der Waals surface area contributed by atoms with E-state index in [0.29, 0.717) is 0 Å². The molecule has 0 spiro atoms. The van der Waals surface area contributed by atoms with Crippen LogP contribution in [0.4, 0.5) is 0 Å². The lowest BCUT2D eigenvalue weighted by molar-refractivity contribution is -0.124. The van der Waals surface area contributed by atoms with Gasteiger partial charge in [-0.25, -0.2) is 0 Å². The monoisotopic (exact) mass is 251 g/mol. The van der Waals surface area contributed by atoms with Crippen molar-refractivity contribution < 1.29 is 4.79 Å². The Kier molecular flexibility index (Phi) is 4.78. The summed E-state index contributed by atoms with van der Waals surface area (Å²) < 4.78 is 0. The van der Waals surface area contributed by atoms with E-state index in [1.54, 1.807) is 0 Å². The molecule has 4 nitrogen and oxygen atoms in total. The van der Waals surface area contributed by atoms with Gasteiger partial charge in [0.2, 0.25) is 5.91 Å². The van der Waals surface area contributed by atoms with Crippen LogP contribution in [-0.4, -0.2) is 42.5 Å². The number of nitrogens with one attached hydrogen (secondary N) is 1. The molecule has 3 N–H and O–H groups in total. The molecule has 4 heteroatoms. The maximum atomic E-state index is 12.0. The number of carbonyl (C=O) groups excluding carboxylic acids is 1. The Balaban J connectivity index is 1.71. The molecule has 0 bridgehead atoms. The van der Waals surface area contributed by atoms with E-state index < -0.39 is 0 Å². The van der Waals surface area contributed by atoms with E-state index in [2.05, 4.69) is 17.1 Å². The Morgan fingerprint density at radius 3 is 2.72 bits per heavy atom. The average Bonchev–Trinajstić information content (AvgIpc) is 2.77. The van der Waals surface area contributed by atoms with Gasteiger partial charge in [0.25, 0.3) is 0 Å². The van der Waals surface area contributed by atoms with Gasteiger partial charge >= 0.3 is 0 Å². The van der Waals surface area contributed by atoms with Crippen LogP contribution in [0.5, 0.6) is 0 Å². The van der Waals surface area contributed by atoms with Gasteiger partial charge in [0.15, 0.2) is 0 Å². The standard InChI is InChI=1S/C14H25N3O/c1-11(10-17-7-3-2-4-8-17)16-14(18)12-5-6-13(15)9-12/h5-6,11-13H,2-4,7-10,15H2,1H3,(H,16,18). The van der Waals surface area contributed by atoms with Gasteiger partial charge in [0, 0.05) is 18.6 Å². The largest absolute Gasteiger partial charge is 0.352 e. The van der Waals surface area contributed by atoms with E-state index >= 15 is 0 Å². The van der Waals surface area contributed by atoms with Gasteiger partial charge in [-0.1, -0.05) is 18.6 Å². The third-order valence-electron chi connectivity index (χ3n) is 3.82. The highest BCUT2D eigenvalue weighted by Crippen LogP contribution is 2.16. The Labute approximate surface area is 110 Å². The summed E-state index contributed by atoms with van der Waals surface area (Å²) in [4.78, 5) is 14.5. The third kappa shape index (κ3) is 3.82. The van der Waals surface area contributed by atoms with E-state index in [9.17, 15) is 4.79 Å². The van der Waals surface area contributed by atoms with E-state index in [-0.39, 0.29) is 23.9 Å². The predicted octanol–water partition coefficient (Wildman–Crippen LogP) is 0.880. The number of carbonyl (C=O) groups is 1. The smallest absolute Gasteiger partial charge is 0.227 e. The molecule has 3 atom stereocenters. The fourth-order valence-electron chi connectivity index (χ4n) is 2.85. The number of hydrogen-bond acceptors (Lipinski definition) is 3. The van der Waals surface area contributed by atoms with Crippen LogP contribution in [0.2, 0.25) is 0 Å². The number of likely N-dealkylation sites (tertiary alicyclic amines) is 1. The third-order valence-corrected chi connectivity index (χ3v) is 3.82. The minimum Gasteiger partial charge on any atom is -0.352 e. The fraction of sp³-hybridized carbons (Fsp3) is 0.786. The van der Waals surface area contributed by atoms with E-state index in [1.165, 1.54) is 32.4 Å². The van der Waals surface area contributed by atoms with Crippen molar-refractivity contribution in [2.75, 3.05) is 19.6 Å². The summed E-state index contributed by atoms with van der Waals surface area (Å²) in [7, 11) is 0. The molecule has 2 aliphatic rings. The number of amides is 1. The van der Waals surface area contributed by atoms with Crippen LogP contribution in [0.15, 0.2) is 12.2 Å². The van der Waals surface area contributed by atoms with Crippen molar-refractivity contribution in [3.05, 3.63) is 12.2 Å². The first-order valence-corrected chi connectivity index (χ1v) is 7.12. The zero-order valence-electron chi connectivity index (χ0n) is 11.3. The van der Waals surface area contributed by atoms with E-state index in [1.807, 2.05) is 12.2 Å². The Bertz CT molecular complexity index is 310. The normalized spacial score (nSPS) is 30.3. The lowest BCUT2D eigenvalue weighted by Gasteiger charge is -2.29. The molecule has 0 radical (unpaired) electrons. The predicted molar refractivity (Wildman–Crippen MR) is 73.1 cm³/mol. The molecule has 0 aromatic rings. The molecule has 3 unspecified atom stereocenters. The molecule has 1 saturated heterocycles. The molecule has 1 heterocycles. The minimum absolute atomic E-state index is 0.0243. The number of nitrogens with two attached hydrogens (primary N) is 1. The second-order valence-corrected chi connectivity index (χ2v) is 5.66. The molecule has 0 aromatic carbocycles. The highest BCUT2D eigenvalue weighted by molar-refractivity contribution is 5.81. The van der Waals surface area contributed by atoms with Crippen molar-refractivity contribution >= 4 is 5.91 Å². The first kappa shape index (κ1) is 13.6. The zero-order valence-corrected chi connectivity index (χ0v) is 11.3. The quantitative estimate of drug-likeness (QED) is 0.729. The molecule has 0 aromatic heterocycles. The summed E-state index contributed by atoms with van der Waals surface area (Å²) >= 11 is 0. The van der Waals surface area contributed by atoms with Crippen LogP contribution in [0.25, 0.3) is 0 Å². The van der Waals surface area contributed by atoms with Crippen LogP contribution in [0, 0.1) is 5.92 Å². The first-order chi connectivity index (χ1) is 8.65. The second-order valence-electron chi connectivity index (χ2n) is 5.66. The van der Waals surface area contributed by atoms with Crippen molar-refractivity contribution in [3.63, 3.8) is 0 Å². The molecule has 1 amide bonds. The minimum atomic E-state index is -0.0243. The summed E-state index contributed by atoms with van der Waals surface area (Å²) in [5.74, 6) is 0.104. The van der Waals surface area contributed by atoms with Crippen LogP contribution in [0.3, 0.4) is 0 Å². The maximum absolute atomic E-state index is 12.0. The maximum Gasteiger partial charge on any atom is 0.227 e. The number of nitrogens with zero attached hydrogens (tertiary/aromatic N) is 1. The molecular weight excluding hydrogens is 226 g/mol. The number of hydrogen-bond donors (Lipinski definition) is 2. The molecule has 1 aliphatic heterocycles. The van der Waals surface area contributed by atoms with Crippen LogP contribution < -0.4 is 11.1 Å². The van der Waals surface area contributed by atoms with Crippen molar-refractivity contribution in [3.8, 4) is 0 Å². The van der Waals surface area contributed by atoms with Crippen molar-refractivity contribution in [2.45, 2.75) is 44.7 Å². The van der Waals surface area contributed by atoms with Gasteiger partial charge in [0.1, 0.15) is 0 Å². The van der Waals surface area contributed by atoms with Gasteiger partial charge < -0.3 is 16.0 Å². The number of piperidine rings is 1. The van der Waals surface area contributed by atoms with Crippen molar-refractivity contribution in [1.29, 1.82) is 0 Å². The molecular formula is C14H25N3O. The van der Waals surface area contributed by atoms with Crippen molar-refractivity contribution in [1.82, 2.24) is 10.2 Å². The Morgan fingerprint density at radius 1 is 1.39 bits per heavy atom. The van der Waals surface area contributed by atoms with Crippen molar-refractivity contribution in [2.24, 2.45) is 11.7 Å². The van der Waals surface area contributed by atoms with Gasteiger partial charge in [-0.2, -0.15) is 0 Å². The van der Waals surface area contributed by atoms with E-state index in [0.717, 1.165) is 13.0 Å². The molecule has 0 saturated carbocycles. The molecule has 18 heavy (non-hydrogen) atoms. The SMILES string of the molecule is CC(CN1CCCCC1)NC(=O)C1C=CC(N)C1. The van der Waals surface area contributed by atoms with Gasteiger partial charge in [-0.15, -0.1) is 0 Å². The molecule has 2 rings (SSSR count). The zero-order chi connectivity index (χ0) is 13.0. The van der Waals surface area contributed by atoms with Crippen LogP contribution >= 0.6 is 0 Å². The average molecular weight is 251 g/mol. The summed E-state index contributed by atoms with van der Waals surface area (Å²) in [5.41, 5.74) is 5.77. The summed E-state index contributed by atoms with van der Waals surface area (Å²) in [6.07, 6.45) is 8.55. The molecule has 1 aliphatic carbocycles. The lowest BCUT2D eigenvalue weighted by Crippen LogP contribution is -2.45. The summed E-state index contributed by atoms with van der Waals surface area (Å²) in [6.45, 7) is 5.40. The van der Waals surface area contributed by atoms with Crippen LogP contribution in [0.1, 0.15) is 32.6 Å². The molecule has 1 fully saturated rings. The Hall–Kier alpha value is -0.870. The first-order valence-electron chi connectivity index (χ1n) is 7.12. The summed E-state index contributed by atoms with van der Waals surface area (Å²) in [6, 6.07) is 0.277. The van der Waals surface area contributed by atoms with E-state index in [4.69, 9.17) is 5.73 Å². The highest BCUT2D eigenvalue weighted by Gasteiger charge is 2.24. The topological polar surface area (TPSA) is 58.4 Å². The molecule has 102 valence electrons. The second kappa shape index (κ2) is 6.34. The van der Waals surface area contributed by atoms with Crippen LogP contribution in [-0.2, 0) is 4.79 Å². The van der Waals surface area contributed by atoms with Gasteiger partial charge in [-0.05, 0) is 39.3 Å². The number of rotatable bonds is 4. The van der Waals surface area contributed by atoms with Gasteiger partial charge in [-0.3, -0.25) is 4.79 Å². The highest BCUT2D eigenvalue weighted by atomic mass is 16.1. The Morgan fingerprint density at radius 2 is 2.11 bits per heavy atom. The lowest BCUT2D eigenvalue weighted by atomic mass is 10.1. The fourth-order valence-corrected chi connectivity index (χ4v) is 2.85.